The van der Waals surface area contributed by atoms with E-state index in [2.05, 4.69) is 16.0 Å². The number of piperazine rings is 1. The summed E-state index contributed by atoms with van der Waals surface area (Å²) in [4.78, 5) is 21.0. The predicted molar refractivity (Wildman–Crippen MR) is 86.1 cm³/mol. The van der Waals surface area contributed by atoms with Crippen LogP contribution in [0.5, 0.6) is 0 Å². The van der Waals surface area contributed by atoms with Gasteiger partial charge in [-0.1, -0.05) is 6.07 Å². The Morgan fingerprint density at radius 2 is 2.09 bits per heavy atom. The average Bonchev–Trinajstić information content (AvgIpc) is 3.01. The summed E-state index contributed by atoms with van der Waals surface area (Å²) < 4.78 is 0. The van der Waals surface area contributed by atoms with Gasteiger partial charge in [0.1, 0.15) is 0 Å². The Bertz CT molecular complexity index is 726. The van der Waals surface area contributed by atoms with Crippen molar-refractivity contribution in [1.82, 2.24) is 9.88 Å². The molecule has 3 rings (SSSR count). The van der Waals surface area contributed by atoms with E-state index in [1.165, 1.54) is 0 Å². The molecule has 1 amide bonds. The molecule has 0 spiro atoms. The molecule has 0 radical (unpaired) electrons. The van der Waals surface area contributed by atoms with Crippen molar-refractivity contribution in [2.24, 2.45) is 0 Å². The summed E-state index contributed by atoms with van der Waals surface area (Å²) in [7, 11) is 0. The number of amides is 1. The lowest BCUT2D eigenvalue weighted by molar-refractivity contribution is 0.0746. The third-order valence-corrected chi connectivity index (χ3v) is 4.70. The second kappa shape index (κ2) is 6.16. The van der Waals surface area contributed by atoms with E-state index in [0.717, 1.165) is 23.9 Å². The standard InChI is InChI=1S/C16H16N4OS/c1-12-11-22-16(18-12)20-7-5-19(6-8-20)15(21)14-4-2-3-13(9-14)10-17/h2-4,9,11H,5-8H2,1H3. The molecule has 2 aromatic rings. The van der Waals surface area contributed by atoms with Crippen LogP contribution >= 0.6 is 11.3 Å². The molecule has 0 saturated carbocycles. The molecule has 0 aliphatic carbocycles. The van der Waals surface area contributed by atoms with Crippen molar-refractivity contribution >= 4 is 22.4 Å². The molecule has 112 valence electrons. The number of rotatable bonds is 2. The Morgan fingerprint density at radius 3 is 2.73 bits per heavy atom. The molecule has 1 saturated heterocycles. The number of nitrogens with zero attached hydrogens (tertiary/aromatic N) is 4. The minimum atomic E-state index is -0.00734. The van der Waals surface area contributed by atoms with Crippen LogP contribution in [0.3, 0.4) is 0 Å². The van der Waals surface area contributed by atoms with E-state index in [-0.39, 0.29) is 5.91 Å². The molecule has 5 nitrogen and oxygen atoms in total. The third-order valence-electron chi connectivity index (χ3n) is 3.68. The number of hydrogen-bond donors (Lipinski definition) is 0. The van der Waals surface area contributed by atoms with Crippen molar-refractivity contribution in [2.45, 2.75) is 6.92 Å². The van der Waals surface area contributed by atoms with Gasteiger partial charge in [0.25, 0.3) is 5.91 Å². The first-order valence-electron chi connectivity index (χ1n) is 7.14. The van der Waals surface area contributed by atoms with Gasteiger partial charge in [0, 0.05) is 37.1 Å². The number of carbonyl (C=O) groups is 1. The lowest BCUT2D eigenvalue weighted by atomic mass is 10.1. The molecule has 1 aliphatic heterocycles. The SMILES string of the molecule is Cc1csc(N2CCN(C(=O)c3cccc(C#N)c3)CC2)n1. The van der Waals surface area contributed by atoms with Gasteiger partial charge in [-0.3, -0.25) is 4.79 Å². The lowest BCUT2D eigenvalue weighted by Crippen LogP contribution is -2.48. The maximum atomic E-state index is 12.5. The highest BCUT2D eigenvalue weighted by molar-refractivity contribution is 7.13. The minimum Gasteiger partial charge on any atom is -0.345 e. The largest absolute Gasteiger partial charge is 0.345 e. The van der Waals surface area contributed by atoms with Gasteiger partial charge < -0.3 is 9.80 Å². The normalized spacial score (nSPS) is 14.7. The van der Waals surface area contributed by atoms with E-state index in [4.69, 9.17) is 5.26 Å². The molecule has 0 bridgehead atoms. The first-order valence-corrected chi connectivity index (χ1v) is 8.02. The molecule has 1 aromatic heterocycles. The van der Waals surface area contributed by atoms with Crippen molar-refractivity contribution in [3.05, 3.63) is 46.5 Å². The van der Waals surface area contributed by atoms with Gasteiger partial charge in [0.05, 0.1) is 17.3 Å². The molecule has 0 atom stereocenters. The van der Waals surface area contributed by atoms with Crippen molar-refractivity contribution < 1.29 is 4.79 Å². The molecule has 0 N–H and O–H groups in total. The van der Waals surface area contributed by atoms with E-state index in [0.29, 0.717) is 24.2 Å². The van der Waals surface area contributed by atoms with Gasteiger partial charge >= 0.3 is 0 Å². The van der Waals surface area contributed by atoms with Crippen LogP contribution in [0.15, 0.2) is 29.6 Å². The zero-order chi connectivity index (χ0) is 15.5. The summed E-state index contributed by atoms with van der Waals surface area (Å²) in [6.07, 6.45) is 0. The van der Waals surface area contributed by atoms with Crippen LogP contribution in [0.25, 0.3) is 0 Å². The van der Waals surface area contributed by atoms with Crippen LogP contribution < -0.4 is 4.90 Å². The van der Waals surface area contributed by atoms with Gasteiger partial charge in [-0.15, -0.1) is 11.3 Å². The van der Waals surface area contributed by atoms with E-state index >= 15 is 0 Å². The fourth-order valence-electron chi connectivity index (χ4n) is 2.49. The van der Waals surface area contributed by atoms with Gasteiger partial charge in [0.15, 0.2) is 5.13 Å². The van der Waals surface area contributed by atoms with E-state index < -0.39 is 0 Å². The van der Waals surface area contributed by atoms with E-state index in [1.807, 2.05) is 17.2 Å². The summed E-state index contributed by atoms with van der Waals surface area (Å²) in [5.74, 6) is -0.00734. The van der Waals surface area contributed by atoms with Crippen LogP contribution in [0, 0.1) is 18.3 Å². The number of aromatic nitrogens is 1. The first-order chi connectivity index (χ1) is 10.7. The summed E-state index contributed by atoms with van der Waals surface area (Å²) in [6.45, 7) is 4.91. The Balaban J connectivity index is 1.65. The Kier molecular flexibility index (Phi) is 4.07. The predicted octanol–water partition coefficient (Wildman–Crippen LogP) is 2.29. The van der Waals surface area contributed by atoms with Crippen LogP contribution in [-0.2, 0) is 0 Å². The zero-order valence-corrected chi connectivity index (χ0v) is 13.1. The van der Waals surface area contributed by atoms with E-state index in [9.17, 15) is 4.79 Å². The van der Waals surface area contributed by atoms with Crippen molar-refractivity contribution in [1.29, 1.82) is 5.26 Å². The van der Waals surface area contributed by atoms with Gasteiger partial charge in [-0.25, -0.2) is 4.98 Å². The first kappa shape index (κ1) is 14.5. The van der Waals surface area contributed by atoms with Crippen LogP contribution in [0.1, 0.15) is 21.6 Å². The topological polar surface area (TPSA) is 60.2 Å². The maximum absolute atomic E-state index is 12.5. The number of thiazole rings is 1. The molecular formula is C16H16N4OS. The fourth-order valence-corrected chi connectivity index (χ4v) is 3.35. The second-order valence-electron chi connectivity index (χ2n) is 5.24. The fraction of sp³-hybridized carbons (Fsp3) is 0.312. The number of benzene rings is 1. The van der Waals surface area contributed by atoms with Crippen molar-refractivity contribution in [3.8, 4) is 6.07 Å². The monoisotopic (exact) mass is 312 g/mol. The lowest BCUT2D eigenvalue weighted by Gasteiger charge is -2.34. The second-order valence-corrected chi connectivity index (χ2v) is 6.08. The maximum Gasteiger partial charge on any atom is 0.254 e. The molecule has 6 heteroatoms. The molecule has 1 aromatic carbocycles. The summed E-state index contributed by atoms with van der Waals surface area (Å²) in [5, 5.41) is 12.0. The minimum absolute atomic E-state index is 0.00734. The molecule has 2 heterocycles. The summed E-state index contributed by atoms with van der Waals surface area (Å²) in [6, 6.07) is 8.94. The van der Waals surface area contributed by atoms with Crippen molar-refractivity contribution in [2.75, 3.05) is 31.1 Å². The Hall–Kier alpha value is -2.39. The number of anilines is 1. The van der Waals surface area contributed by atoms with Gasteiger partial charge in [0.2, 0.25) is 0 Å². The molecule has 1 aliphatic rings. The summed E-state index contributed by atoms with van der Waals surface area (Å²) in [5.41, 5.74) is 2.13. The van der Waals surface area contributed by atoms with Gasteiger partial charge in [-0.05, 0) is 25.1 Å². The van der Waals surface area contributed by atoms with Crippen LogP contribution in [-0.4, -0.2) is 42.0 Å². The number of aryl methyl sites for hydroxylation is 1. The highest BCUT2D eigenvalue weighted by Crippen LogP contribution is 2.22. The van der Waals surface area contributed by atoms with Crippen LogP contribution in [0.2, 0.25) is 0 Å². The Labute approximate surface area is 133 Å². The molecule has 22 heavy (non-hydrogen) atoms. The van der Waals surface area contributed by atoms with Crippen LogP contribution in [0.4, 0.5) is 5.13 Å². The molecule has 0 unspecified atom stereocenters. The highest BCUT2D eigenvalue weighted by atomic mass is 32.1. The Morgan fingerprint density at radius 1 is 1.32 bits per heavy atom. The van der Waals surface area contributed by atoms with E-state index in [1.54, 1.807) is 35.6 Å². The third kappa shape index (κ3) is 2.95. The smallest absolute Gasteiger partial charge is 0.254 e. The number of carbonyl (C=O) groups excluding carboxylic acids is 1. The highest BCUT2D eigenvalue weighted by Gasteiger charge is 2.23. The quantitative estimate of drug-likeness (QED) is 0.853. The average molecular weight is 312 g/mol. The molecular weight excluding hydrogens is 296 g/mol. The number of nitriles is 1. The van der Waals surface area contributed by atoms with Crippen molar-refractivity contribution in [3.63, 3.8) is 0 Å². The molecule has 1 fully saturated rings. The van der Waals surface area contributed by atoms with Gasteiger partial charge in [-0.2, -0.15) is 5.26 Å². The summed E-state index contributed by atoms with van der Waals surface area (Å²) >= 11 is 1.64. The zero-order valence-electron chi connectivity index (χ0n) is 12.3. The number of hydrogen-bond acceptors (Lipinski definition) is 5.